The van der Waals surface area contributed by atoms with Crippen molar-refractivity contribution in [1.29, 1.82) is 0 Å². The van der Waals surface area contributed by atoms with Gasteiger partial charge >= 0.3 is 5.97 Å². The number of esters is 1. The van der Waals surface area contributed by atoms with Crippen molar-refractivity contribution >= 4 is 58.2 Å². The first-order chi connectivity index (χ1) is 10.5. The lowest BCUT2D eigenvalue weighted by molar-refractivity contribution is -0.111. The molecule has 0 spiro atoms. The Labute approximate surface area is 141 Å². The molecule has 22 heavy (non-hydrogen) atoms. The molecule has 0 fully saturated rings. The Morgan fingerprint density at radius 3 is 2.73 bits per heavy atom. The maximum absolute atomic E-state index is 11.9. The predicted molar refractivity (Wildman–Crippen MR) is 89.8 cm³/mol. The van der Waals surface area contributed by atoms with Gasteiger partial charge in [0, 0.05) is 16.1 Å². The van der Waals surface area contributed by atoms with Crippen molar-refractivity contribution < 1.29 is 14.3 Å². The van der Waals surface area contributed by atoms with E-state index in [2.05, 4.69) is 10.1 Å². The minimum atomic E-state index is -0.491. The van der Waals surface area contributed by atoms with Crippen molar-refractivity contribution in [2.75, 3.05) is 12.4 Å². The summed E-state index contributed by atoms with van der Waals surface area (Å²) in [4.78, 5) is 23.8. The van der Waals surface area contributed by atoms with Crippen LogP contribution in [0.15, 0.2) is 35.7 Å². The zero-order valence-corrected chi connectivity index (χ0v) is 13.8. The molecule has 0 atom stereocenters. The number of methoxy groups -OCH3 is 1. The van der Waals surface area contributed by atoms with Crippen molar-refractivity contribution in [3.8, 4) is 0 Å². The SMILES string of the molecule is COC(=O)c1sccc1NC(=O)/C=C\c1ccc(Cl)cc1Cl. The number of halogens is 2. The molecule has 4 nitrogen and oxygen atoms in total. The van der Waals surface area contributed by atoms with Gasteiger partial charge in [-0.2, -0.15) is 0 Å². The van der Waals surface area contributed by atoms with Crippen LogP contribution in [0.4, 0.5) is 5.69 Å². The van der Waals surface area contributed by atoms with E-state index in [0.717, 1.165) is 0 Å². The summed E-state index contributed by atoms with van der Waals surface area (Å²) >= 11 is 13.0. The van der Waals surface area contributed by atoms with Crippen LogP contribution in [0.3, 0.4) is 0 Å². The van der Waals surface area contributed by atoms with Gasteiger partial charge in [-0.05, 0) is 35.2 Å². The number of carbonyl (C=O) groups is 2. The van der Waals surface area contributed by atoms with E-state index < -0.39 is 5.97 Å². The molecule has 2 aromatic rings. The molecule has 0 unspecified atom stereocenters. The summed E-state index contributed by atoms with van der Waals surface area (Å²) in [6.45, 7) is 0. The summed E-state index contributed by atoms with van der Waals surface area (Å²) in [6, 6.07) is 6.62. The van der Waals surface area contributed by atoms with Crippen molar-refractivity contribution in [2.45, 2.75) is 0 Å². The van der Waals surface area contributed by atoms with Crippen LogP contribution in [0.25, 0.3) is 6.08 Å². The van der Waals surface area contributed by atoms with Crippen LogP contribution in [0, 0.1) is 0 Å². The lowest BCUT2D eigenvalue weighted by atomic mass is 10.2. The van der Waals surface area contributed by atoms with E-state index >= 15 is 0 Å². The average Bonchev–Trinajstić information content (AvgIpc) is 2.93. The first-order valence-electron chi connectivity index (χ1n) is 6.11. The molecule has 0 saturated carbocycles. The van der Waals surface area contributed by atoms with Crippen LogP contribution >= 0.6 is 34.5 Å². The van der Waals surface area contributed by atoms with Crippen LogP contribution in [0.5, 0.6) is 0 Å². The van der Waals surface area contributed by atoms with Crippen molar-refractivity contribution in [1.82, 2.24) is 0 Å². The second kappa shape index (κ2) is 7.45. The summed E-state index contributed by atoms with van der Waals surface area (Å²) < 4.78 is 4.65. The zero-order chi connectivity index (χ0) is 16.1. The van der Waals surface area contributed by atoms with Crippen LogP contribution in [0.1, 0.15) is 15.2 Å². The fourth-order valence-electron chi connectivity index (χ4n) is 1.64. The number of hydrogen-bond donors (Lipinski definition) is 1. The monoisotopic (exact) mass is 355 g/mol. The molecule has 114 valence electrons. The van der Waals surface area contributed by atoms with E-state index in [0.29, 0.717) is 26.2 Å². The van der Waals surface area contributed by atoms with E-state index in [4.69, 9.17) is 23.2 Å². The fourth-order valence-corrected chi connectivity index (χ4v) is 2.87. The topological polar surface area (TPSA) is 55.4 Å². The number of ether oxygens (including phenoxy) is 1. The van der Waals surface area contributed by atoms with Crippen molar-refractivity contribution in [3.05, 3.63) is 56.2 Å². The molecule has 0 aliphatic heterocycles. The van der Waals surface area contributed by atoms with Gasteiger partial charge in [0.2, 0.25) is 5.91 Å². The number of rotatable bonds is 4. The summed E-state index contributed by atoms with van der Waals surface area (Å²) in [5.41, 5.74) is 1.08. The number of benzene rings is 1. The molecule has 1 heterocycles. The zero-order valence-electron chi connectivity index (χ0n) is 11.4. The predicted octanol–water partition coefficient (Wildman–Crippen LogP) is 4.49. The third kappa shape index (κ3) is 4.10. The van der Waals surface area contributed by atoms with Crippen LogP contribution < -0.4 is 5.32 Å². The third-order valence-corrected chi connectivity index (χ3v) is 4.13. The second-order valence-corrected chi connectivity index (χ2v) is 5.90. The highest BCUT2D eigenvalue weighted by molar-refractivity contribution is 7.12. The molecule has 0 saturated heterocycles. The Balaban J connectivity index is 2.09. The van der Waals surface area contributed by atoms with Gasteiger partial charge in [-0.25, -0.2) is 4.79 Å². The number of hydrogen-bond acceptors (Lipinski definition) is 4. The molecule has 0 aliphatic carbocycles. The first kappa shape index (κ1) is 16.5. The van der Waals surface area contributed by atoms with Gasteiger partial charge in [0.1, 0.15) is 4.88 Å². The van der Waals surface area contributed by atoms with E-state index in [1.165, 1.54) is 24.5 Å². The maximum atomic E-state index is 11.9. The second-order valence-electron chi connectivity index (χ2n) is 4.14. The minimum absolute atomic E-state index is 0.341. The van der Waals surface area contributed by atoms with Crippen molar-refractivity contribution in [2.24, 2.45) is 0 Å². The van der Waals surface area contributed by atoms with E-state index in [-0.39, 0.29) is 5.91 Å². The summed E-state index contributed by atoms with van der Waals surface area (Å²) in [6.07, 6.45) is 2.89. The van der Waals surface area contributed by atoms with Crippen LogP contribution in [-0.2, 0) is 9.53 Å². The molecule has 1 aromatic heterocycles. The standard InChI is InChI=1S/C15H11Cl2NO3S/c1-21-15(20)14-12(6-7-22-14)18-13(19)5-3-9-2-4-10(16)8-11(9)17/h2-8H,1H3,(H,18,19)/b5-3-. The highest BCUT2D eigenvalue weighted by atomic mass is 35.5. The lowest BCUT2D eigenvalue weighted by Crippen LogP contribution is -2.10. The molecular weight excluding hydrogens is 345 g/mol. The molecular formula is C15H11Cl2NO3S. The number of anilines is 1. The molecule has 1 amide bonds. The largest absolute Gasteiger partial charge is 0.465 e. The first-order valence-corrected chi connectivity index (χ1v) is 7.74. The quantitative estimate of drug-likeness (QED) is 0.649. The van der Waals surface area contributed by atoms with Gasteiger partial charge in [0.25, 0.3) is 0 Å². The number of carbonyl (C=O) groups excluding carboxylic acids is 2. The number of nitrogens with one attached hydrogen (secondary N) is 1. The summed E-state index contributed by atoms with van der Waals surface area (Å²) in [7, 11) is 1.29. The third-order valence-electron chi connectivity index (χ3n) is 2.67. The lowest BCUT2D eigenvalue weighted by Gasteiger charge is -2.03. The Bertz CT molecular complexity index is 740. The van der Waals surface area contributed by atoms with E-state index in [9.17, 15) is 9.59 Å². The number of thiophene rings is 1. The highest BCUT2D eigenvalue weighted by Crippen LogP contribution is 2.24. The summed E-state index contributed by atoms with van der Waals surface area (Å²) in [5, 5.41) is 5.29. The molecule has 1 aromatic carbocycles. The smallest absolute Gasteiger partial charge is 0.350 e. The van der Waals surface area contributed by atoms with Gasteiger partial charge < -0.3 is 10.1 Å². The van der Waals surface area contributed by atoms with Crippen LogP contribution in [-0.4, -0.2) is 19.0 Å². The molecule has 0 aliphatic rings. The molecule has 1 N–H and O–H groups in total. The number of amides is 1. The van der Waals surface area contributed by atoms with Crippen molar-refractivity contribution in [3.63, 3.8) is 0 Å². The van der Waals surface area contributed by atoms with Gasteiger partial charge in [0.15, 0.2) is 0 Å². The van der Waals surface area contributed by atoms with Gasteiger partial charge in [-0.3, -0.25) is 4.79 Å². The average molecular weight is 356 g/mol. The Morgan fingerprint density at radius 1 is 1.27 bits per heavy atom. The summed E-state index contributed by atoms with van der Waals surface area (Å²) in [5.74, 6) is -0.871. The Kier molecular flexibility index (Phi) is 5.60. The molecule has 7 heteroatoms. The Hall–Kier alpha value is -1.82. The van der Waals surface area contributed by atoms with Gasteiger partial charge in [-0.15, -0.1) is 11.3 Å². The molecule has 0 radical (unpaired) electrons. The van der Waals surface area contributed by atoms with Gasteiger partial charge in [0.05, 0.1) is 12.8 Å². The minimum Gasteiger partial charge on any atom is -0.465 e. The molecule has 2 rings (SSSR count). The fraction of sp³-hybridized carbons (Fsp3) is 0.0667. The van der Waals surface area contributed by atoms with E-state index in [1.807, 2.05) is 0 Å². The van der Waals surface area contributed by atoms with Crippen LogP contribution in [0.2, 0.25) is 10.0 Å². The van der Waals surface area contributed by atoms with Gasteiger partial charge in [-0.1, -0.05) is 29.3 Å². The highest BCUT2D eigenvalue weighted by Gasteiger charge is 2.14. The molecule has 0 bridgehead atoms. The van der Waals surface area contributed by atoms with E-state index in [1.54, 1.807) is 35.7 Å². The Morgan fingerprint density at radius 2 is 2.05 bits per heavy atom. The maximum Gasteiger partial charge on any atom is 0.350 e. The normalized spacial score (nSPS) is 10.7.